The third-order valence-corrected chi connectivity index (χ3v) is 3.65. The predicted molar refractivity (Wildman–Crippen MR) is 86.6 cm³/mol. The number of thioether (sulfide) groups is 1. The van der Waals surface area contributed by atoms with E-state index >= 15 is 0 Å². The summed E-state index contributed by atoms with van der Waals surface area (Å²) in [7, 11) is 0. The van der Waals surface area contributed by atoms with Gasteiger partial charge in [-0.05, 0) is 37.8 Å². The van der Waals surface area contributed by atoms with Crippen LogP contribution in [0.1, 0.15) is 19.4 Å². The largest absolute Gasteiger partial charge is 0.465 e. The minimum Gasteiger partial charge on any atom is -0.465 e. The summed E-state index contributed by atoms with van der Waals surface area (Å²) >= 11 is 1.68. The average molecular weight is 324 g/mol. The van der Waals surface area contributed by atoms with Crippen LogP contribution >= 0.6 is 11.8 Å². The highest BCUT2D eigenvalue weighted by atomic mass is 32.2. The smallest absolute Gasteiger partial charge is 0.325 e. The molecule has 5 nitrogen and oxygen atoms in total. The van der Waals surface area contributed by atoms with Crippen LogP contribution in [0.5, 0.6) is 0 Å². The lowest BCUT2D eigenvalue weighted by molar-refractivity contribution is -0.147. The van der Waals surface area contributed by atoms with E-state index in [1.54, 1.807) is 31.9 Å². The molecule has 22 heavy (non-hydrogen) atoms. The molecule has 1 rings (SSSR count). The minimum absolute atomic E-state index is 0.134. The van der Waals surface area contributed by atoms with E-state index < -0.39 is 18.1 Å². The highest BCUT2D eigenvalue weighted by Gasteiger charge is 2.22. The van der Waals surface area contributed by atoms with Crippen LogP contribution in [0.3, 0.4) is 0 Å². The molecule has 0 spiro atoms. The lowest BCUT2D eigenvalue weighted by atomic mass is 10.2. The molecule has 6 heteroatoms. The van der Waals surface area contributed by atoms with Crippen LogP contribution < -0.4 is 5.32 Å². The fourth-order valence-electron chi connectivity index (χ4n) is 1.78. The maximum atomic E-state index is 11.8. The molecule has 2 atom stereocenters. The molecule has 0 heterocycles. The fraction of sp³-hybridized carbons (Fsp3) is 0.500. The van der Waals surface area contributed by atoms with Crippen molar-refractivity contribution in [2.75, 3.05) is 19.5 Å². The van der Waals surface area contributed by atoms with Crippen LogP contribution in [-0.2, 0) is 25.7 Å². The number of nitrogens with one attached hydrogen (secondary N) is 1. The van der Waals surface area contributed by atoms with Crippen molar-refractivity contribution in [1.82, 2.24) is 5.32 Å². The molecule has 1 radical (unpaired) electrons. The van der Waals surface area contributed by atoms with Crippen molar-refractivity contribution < 1.29 is 19.1 Å². The molecule has 0 fully saturated rings. The molecule has 0 bridgehead atoms. The zero-order valence-corrected chi connectivity index (χ0v) is 13.9. The van der Waals surface area contributed by atoms with E-state index in [2.05, 4.69) is 5.32 Å². The van der Waals surface area contributed by atoms with Crippen molar-refractivity contribution in [3.63, 3.8) is 0 Å². The summed E-state index contributed by atoms with van der Waals surface area (Å²) in [6.07, 6.45) is 3.81. The van der Waals surface area contributed by atoms with E-state index in [-0.39, 0.29) is 13.2 Å². The van der Waals surface area contributed by atoms with Gasteiger partial charge in [0, 0.05) is 4.90 Å². The number of hydrogen-bond donors (Lipinski definition) is 1. The van der Waals surface area contributed by atoms with Crippen LogP contribution in [0, 0.1) is 0 Å². The number of carbonyl (C=O) groups is 1. The number of esters is 1. The minimum atomic E-state index is -0.679. The molecule has 0 aromatic heterocycles. The van der Waals surface area contributed by atoms with Gasteiger partial charge in [0.15, 0.2) is 0 Å². The first-order chi connectivity index (χ1) is 10.6. The summed E-state index contributed by atoms with van der Waals surface area (Å²) in [4.78, 5) is 23.6. The molecule has 0 aliphatic rings. The van der Waals surface area contributed by atoms with Gasteiger partial charge in [-0.2, -0.15) is 0 Å². The average Bonchev–Trinajstić information content (AvgIpc) is 2.54. The monoisotopic (exact) mass is 324 g/mol. The van der Waals surface area contributed by atoms with Crippen LogP contribution in [0.2, 0.25) is 0 Å². The van der Waals surface area contributed by atoms with E-state index in [0.717, 1.165) is 5.56 Å². The maximum absolute atomic E-state index is 11.8. The Labute approximate surface area is 135 Å². The summed E-state index contributed by atoms with van der Waals surface area (Å²) < 4.78 is 10.5. The molecule has 0 unspecified atom stereocenters. The van der Waals surface area contributed by atoms with Crippen LogP contribution in [0.4, 0.5) is 0 Å². The van der Waals surface area contributed by atoms with Crippen LogP contribution in [-0.4, -0.2) is 43.8 Å². The van der Waals surface area contributed by atoms with Gasteiger partial charge in [0.05, 0.1) is 25.9 Å². The second-order valence-corrected chi connectivity index (χ2v) is 5.55. The molecule has 0 aliphatic carbocycles. The highest BCUT2D eigenvalue weighted by molar-refractivity contribution is 7.98. The Morgan fingerprint density at radius 2 is 2.05 bits per heavy atom. The Balaban J connectivity index is 2.50. The van der Waals surface area contributed by atoms with E-state index in [0.29, 0.717) is 6.61 Å². The van der Waals surface area contributed by atoms with Gasteiger partial charge >= 0.3 is 5.97 Å². The van der Waals surface area contributed by atoms with Gasteiger partial charge in [0.25, 0.3) is 0 Å². The maximum Gasteiger partial charge on any atom is 0.325 e. The fourth-order valence-corrected chi connectivity index (χ4v) is 2.19. The molecule has 0 saturated heterocycles. The third kappa shape index (κ3) is 6.60. The number of carbonyl (C=O) groups excluding carboxylic acids is 2. The lowest BCUT2D eigenvalue weighted by Crippen LogP contribution is -2.46. The van der Waals surface area contributed by atoms with Gasteiger partial charge in [0.2, 0.25) is 6.29 Å². The Morgan fingerprint density at radius 1 is 1.36 bits per heavy atom. The van der Waals surface area contributed by atoms with Gasteiger partial charge in [0.1, 0.15) is 6.04 Å². The highest BCUT2D eigenvalue weighted by Crippen LogP contribution is 2.15. The first-order valence-corrected chi connectivity index (χ1v) is 8.34. The van der Waals surface area contributed by atoms with E-state index in [1.807, 2.05) is 30.5 Å². The third-order valence-electron chi connectivity index (χ3n) is 2.91. The molecule has 1 N–H and O–H groups in total. The molecular weight excluding hydrogens is 302 g/mol. The van der Waals surface area contributed by atoms with Crippen molar-refractivity contribution in [3.05, 3.63) is 29.8 Å². The van der Waals surface area contributed by atoms with Crippen molar-refractivity contribution in [2.24, 2.45) is 0 Å². The predicted octanol–water partition coefficient (Wildman–Crippen LogP) is 1.94. The van der Waals surface area contributed by atoms with E-state index in [9.17, 15) is 9.59 Å². The van der Waals surface area contributed by atoms with Crippen molar-refractivity contribution in [1.29, 1.82) is 0 Å². The van der Waals surface area contributed by atoms with Gasteiger partial charge in [-0.3, -0.25) is 14.9 Å². The molecule has 0 amide bonds. The molecular formula is C16H22NO4S. The molecule has 1 aromatic carbocycles. The van der Waals surface area contributed by atoms with E-state index in [4.69, 9.17) is 9.47 Å². The lowest BCUT2D eigenvalue weighted by Gasteiger charge is -2.18. The first-order valence-electron chi connectivity index (χ1n) is 7.11. The quantitative estimate of drug-likeness (QED) is 0.524. The van der Waals surface area contributed by atoms with Gasteiger partial charge in [-0.15, -0.1) is 11.8 Å². The number of rotatable bonds is 10. The molecule has 121 valence electrons. The van der Waals surface area contributed by atoms with Gasteiger partial charge < -0.3 is 9.47 Å². The topological polar surface area (TPSA) is 64.6 Å². The number of benzene rings is 1. The molecule has 1 aromatic rings. The Hall–Kier alpha value is -1.37. The van der Waals surface area contributed by atoms with E-state index in [1.165, 1.54) is 4.90 Å². The zero-order valence-electron chi connectivity index (χ0n) is 13.1. The van der Waals surface area contributed by atoms with Crippen molar-refractivity contribution >= 4 is 24.0 Å². The molecule has 0 aliphatic heterocycles. The number of ether oxygens (including phenoxy) is 2. The normalized spacial score (nSPS) is 13.4. The summed E-state index contributed by atoms with van der Waals surface area (Å²) in [5, 5.41) is 2.83. The second kappa shape index (κ2) is 10.4. The van der Waals surface area contributed by atoms with Crippen molar-refractivity contribution in [3.8, 4) is 0 Å². The van der Waals surface area contributed by atoms with Gasteiger partial charge in [-0.1, -0.05) is 12.1 Å². The Bertz CT molecular complexity index is 464. The SMILES string of the molecule is CCOC(=O)[C@@H](COCc1ccc(SC)cc1)N[C@H](C)[C]=O. The second-order valence-electron chi connectivity index (χ2n) is 4.67. The standard InChI is InChI=1S/C16H22NO4S/c1-4-21-16(19)15(17-12(2)9-18)11-20-10-13-5-7-14(22-3)8-6-13/h5-8,12,15,17H,4,10-11H2,1-3H3/t12-,15-/m1/s1. The Morgan fingerprint density at radius 3 is 2.59 bits per heavy atom. The molecule has 0 saturated carbocycles. The van der Waals surface area contributed by atoms with Gasteiger partial charge in [-0.25, -0.2) is 0 Å². The zero-order chi connectivity index (χ0) is 16.4. The van der Waals surface area contributed by atoms with Crippen LogP contribution in [0.15, 0.2) is 29.2 Å². The Kier molecular flexibility index (Phi) is 8.81. The van der Waals surface area contributed by atoms with Crippen LogP contribution in [0.25, 0.3) is 0 Å². The summed E-state index contributed by atoms with van der Waals surface area (Å²) in [5.74, 6) is -0.428. The summed E-state index contributed by atoms with van der Waals surface area (Å²) in [5.41, 5.74) is 1.02. The van der Waals surface area contributed by atoms with Crippen molar-refractivity contribution in [2.45, 2.75) is 37.4 Å². The summed E-state index contributed by atoms with van der Waals surface area (Å²) in [6, 6.07) is 6.78. The number of hydrogen-bond acceptors (Lipinski definition) is 6. The first kappa shape index (κ1) is 18.7. The summed E-state index contributed by atoms with van der Waals surface area (Å²) in [6.45, 7) is 4.17.